The fourth-order valence-electron chi connectivity index (χ4n) is 5.30. The molecule has 2 heterocycles. The van der Waals surface area contributed by atoms with E-state index in [0.717, 1.165) is 43.4 Å². The fraction of sp³-hybridized carbons (Fsp3) is 0.636. The van der Waals surface area contributed by atoms with E-state index in [0.29, 0.717) is 46.1 Å². The van der Waals surface area contributed by atoms with Crippen molar-refractivity contribution in [2.75, 3.05) is 51.6 Å². The summed E-state index contributed by atoms with van der Waals surface area (Å²) >= 11 is 0. The van der Waals surface area contributed by atoms with Crippen molar-refractivity contribution in [2.24, 2.45) is 5.92 Å². The lowest BCUT2D eigenvalue weighted by Crippen LogP contribution is -2.54. The number of imide groups is 2. The summed E-state index contributed by atoms with van der Waals surface area (Å²) in [4.78, 5) is 75.4. The van der Waals surface area contributed by atoms with Gasteiger partial charge in [0, 0.05) is 19.4 Å². The van der Waals surface area contributed by atoms with E-state index in [1.807, 2.05) is 6.92 Å². The van der Waals surface area contributed by atoms with Crippen LogP contribution in [-0.4, -0.2) is 92.7 Å². The van der Waals surface area contributed by atoms with E-state index < -0.39 is 29.7 Å². The Hall–Kier alpha value is -3.68. The van der Waals surface area contributed by atoms with Gasteiger partial charge in [0.25, 0.3) is 11.8 Å². The predicted octanol–water partition coefficient (Wildman–Crippen LogP) is 3.40. The van der Waals surface area contributed by atoms with Gasteiger partial charge in [-0.2, -0.15) is 0 Å². The van der Waals surface area contributed by atoms with Crippen LogP contribution in [0, 0.1) is 5.92 Å². The average molecular weight is 646 g/mol. The zero-order chi connectivity index (χ0) is 33.3. The van der Waals surface area contributed by atoms with E-state index >= 15 is 0 Å². The van der Waals surface area contributed by atoms with Crippen molar-refractivity contribution >= 4 is 41.2 Å². The van der Waals surface area contributed by atoms with Gasteiger partial charge in [-0.25, -0.2) is 0 Å². The highest BCUT2D eigenvalue weighted by atomic mass is 16.6. The van der Waals surface area contributed by atoms with Crippen molar-refractivity contribution in [1.29, 1.82) is 0 Å². The van der Waals surface area contributed by atoms with Crippen LogP contribution in [0.25, 0.3) is 0 Å². The number of rotatable bonds is 22. The predicted molar refractivity (Wildman–Crippen MR) is 167 cm³/mol. The minimum Gasteiger partial charge on any atom is -0.463 e. The van der Waals surface area contributed by atoms with Crippen molar-refractivity contribution in [2.45, 2.75) is 84.1 Å². The Balaban J connectivity index is 1.21. The number of fused-ring (bicyclic) bond motifs is 1. The van der Waals surface area contributed by atoms with Crippen molar-refractivity contribution in [1.82, 2.24) is 10.2 Å². The van der Waals surface area contributed by atoms with Crippen LogP contribution in [0.5, 0.6) is 0 Å². The molecule has 5 amide bonds. The number of piperidine rings is 1. The lowest BCUT2D eigenvalue weighted by atomic mass is 10.00. The zero-order valence-corrected chi connectivity index (χ0v) is 26.9. The maximum absolute atomic E-state index is 13.2. The highest BCUT2D eigenvalue weighted by molar-refractivity contribution is 6.26. The van der Waals surface area contributed by atoms with Gasteiger partial charge in [0.05, 0.1) is 55.8 Å². The first kappa shape index (κ1) is 36.8. The normalized spacial score (nSPS) is 16.7. The van der Waals surface area contributed by atoms with Gasteiger partial charge in [0.2, 0.25) is 17.7 Å². The molecule has 3 rings (SSSR count). The molecule has 0 aromatic heterocycles. The van der Waals surface area contributed by atoms with Gasteiger partial charge in [-0.05, 0) is 44.2 Å². The van der Waals surface area contributed by atoms with Crippen LogP contribution in [0.3, 0.4) is 0 Å². The molecule has 13 heteroatoms. The molecule has 1 aromatic carbocycles. The Kier molecular flexibility index (Phi) is 15.8. The maximum atomic E-state index is 13.2. The molecule has 2 unspecified atom stereocenters. The summed E-state index contributed by atoms with van der Waals surface area (Å²) in [5.41, 5.74) is 0.384. The lowest BCUT2D eigenvalue weighted by molar-refractivity contribution is -0.150. The molecular weight excluding hydrogens is 598 g/mol. The summed E-state index contributed by atoms with van der Waals surface area (Å²) in [7, 11) is 0. The van der Waals surface area contributed by atoms with Crippen LogP contribution in [0.1, 0.15) is 98.8 Å². The molecular formula is C33H47N3O10. The number of unbranched alkanes of at least 4 members (excludes halogenated alkanes) is 3. The Morgan fingerprint density at radius 1 is 0.891 bits per heavy atom. The number of ether oxygens (including phenoxy) is 4. The van der Waals surface area contributed by atoms with Gasteiger partial charge >= 0.3 is 5.97 Å². The highest BCUT2D eigenvalue weighted by Crippen LogP contribution is 2.32. The SMILES string of the molecule is CCCCC(CC)C(=O)OCCOCCOCCOCCCCCC(=O)Nc1cccc2c1C(=O)N(C1CCC(=O)NC1=O)C2=O. The van der Waals surface area contributed by atoms with Crippen LogP contribution in [0.2, 0.25) is 0 Å². The second-order valence-corrected chi connectivity index (χ2v) is 11.3. The Bertz CT molecular complexity index is 1220. The second kappa shape index (κ2) is 19.7. The molecule has 2 atom stereocenters. The molecule has 2 aliphatic rings. The number of nitrogens with zero attached hydrogens (tertiary/aromatic N) is 1. The van der Waals surface area contributed by atoms with E-state index in [4.69, 9.17) is 18.9 Å². The molecule has 1 saturated heterocycles. The second-order valence-electron chi connectivity index (χ2n) is 11.3. The summed E-state index contributed by atoms with van der Waals surface area (Å²) in [6, 6.07) is 3.53. The van der Waals surface area contributed by atoms with Crippen LogP contribution in [-0.2, 0) is 38.1 Å². The number of amides is 5. The van der Waals surface area contributed by atoms with Crippen LogP contribution in [0.15, 0.2) is 18.2 Å². The monoisotopic (exact) mass is 645 g/mol. The number of anilines is 1. The first-order valence-electron chi connectivity index (χ1n) is 16.3. The van der Waals surface area contributed by atoms with Crippen molar-refractivity contribution in [3.05, 3.63) is 29.3 Å². The number of hydrogen-bond donors (Lipinski definition) is 2. The molecule has 254 valence electrons. The number of carbonyl (C=O) groups is 6. The standard InChI is InChI=1S/C33H47N3O10/c1-3-5-10-23(4-2)33(42)46-22-21-45-20-19-44-18-17-43-16-8-6-7-13-27(37)34-25-12-9-11-24-29(25)32(41)36(31(24)40)26-14-15-28(38)35-30(26)39/h9,11-12,23,26H,3-8,10,13-22H2,1-2H3,(H,34,37)(H,35,38,39). The van der Waals surface area contributed by atoms with Gasteiger partial charge in [0.1, 0.15) is 12.6 Å². The topological polar surface area (TPSA) is 167 Å². The number of benzene rings is 1. The average Bonchev–Trinajstić information content (AvgIpc) is 3.29. The Morgan fingerprint density at radius 2 is 1.59 bits per heavy atom. The summed E-state index contributed by atoms with van der Waals surface area (Å²) in [6.45, 7) is 6.90. The minimum atomic E-state index is -1.07. The van der Waals surface area contributed by atoms with Gasteiger partial charge < -0.3 is 24.3 Å². The third-order valence-corrected chi connectivity index (χ3v) is 7.88. The van der Waals surface area contributed by atoms with Crippen LogP contribution in [0.4, 0.5) is 5.69 Å². The van der Waals surface area contributed by atoms with Crippen LogP contribution < -0.4 is 10.6 Å². The number of hydrogen-bond acceptors (Lipinski definition) is 10. The summed E-state index contributed by atoms with van der Waals surface area (Å²) in [5, 5.41) is 4.89. The molecule has 2 aliphatic heterocycles. The van der Waals surface area contributed by atoms with E-state index in [2.05, 4.69) is 17.6 Å². The van der Waals surface area contributed by atoms with Crippen LogP contribution >= 0.6 is 0 Å². The lowest BCUT2D eigenvalue weighted by Gasteiger charge is -2.27. The molecule has 0 saturated carbocycles. The molecule has 1 aromatic rings. The first-order chi connectivity index (χ1) is 22.3. The van der Waals surface area contributed by atoms with Gasteiger partial charge in [-0.1, -0.05) is 39.2 Å². The molecule has 1 fully saturated rings. The van der Waals surface area contributed by atoms with Crippen molar-refractivity contribution in [3.63, 3.8) is 0 Å². The third-order valence-electron chi connectivity index (χ3n) is 7.88. The molecule has 0 radical (unpaired) electrons. The number of esters is 1. The number of nitrogens with one attached hydrogen (secondary N) is 2. The summed E-state index contributed by atoms with van der Waals surface area (Å²) < 4.78 is 21.8. The molecule has 0 aliphatic carbocycles. The molecule has 13 nitrogen and oxygen atoms in total. The Morgan fingerprint density at radius 3 is 2.26 bits per heavy atom. The summed E-state index contributed by atoms with van der Waals surface area (Å²) in [6.07, 6.45) is 6.19. The minimum absolute atomic E-state index is 0.0305. The van der Waals surface area contributed by atoms with Gasteiger partial charge in [-0.15, -0.1) is 0 Å². The molecule has 46 heavy (non-hydrogen) atoms. The maximum Gasteiger partial charge on any atom is 0.308 e. The Labute approximate surface area is 270 Å². The summed E-state index contributed by atoms with van der Waals surface area (Å²) in [5.74, 6) is -2.90. The van der Waals surface area contributed by atoms with E-state index in [1.165, 1.54) is 6.07 Å². The fourth-order valence-corrected chi connectivity index (χ4v) is 5.30. The van der Waals surface area contributed by atoms with E-state index in [-0.39, 0.29) is 60.5 Å². The highest BCUT2D eigenvalue weighted by Gasteiger charge is 2.45. The number of carbonyl (C=O) groups excluding carboxylic acids is 6. The van der Waals surface area contributed by atoms with E-state index in [9.17, 15) is 28.8 Å². The third kappa shape index (κ3) is 11.0. The zero-order valence-electron chi connectivity index (χ0n) is 26.9. The largest absolute Gasteiger partial charge is 0.463 e. The van der Waals surface area contributed by atoms with Crippen molar-refractivity contribution in [3.8, 4) is 0 Å². The quantitative estimate of drug-likeness (QED) is 0.108. The smallest absolute Gasteiger partial charge is 0.308 e. The van der Waals surface area contributed by atoms with Gasteiger partial charge in [-0.3, -0.25) is 39.0 Å². The first-order valence-corrected chi connectivity index (χ1v) is 16.3. The van der Waals surface area contributed by atoms with Gasteiger partial charge in [0.15, 0.2) is 0 Å². The van der Waals surface area contributed by atoms with Crippen molar-refractivity contribution < 1.29 is 47.7 Å². The van der Waals surface area contributed by atoms with E-state index in [1.54, 1.807) is 12.1 Å². The molecule has 0 bridgehead atoms. The molecule has 2 N–H and O–H groups in total. The molecule has 0 spiro atoms.